The average Bonchev–Trinajstić information content (AvgIpc) is 2.42. The first kappa shape index (κ1) is 15.8. The molecule has 1 aromatic rings. The lowest BCUT2D eigenvalue weighted by molar-refractivity contribution is 0.0907. The van der Waals surface area contributed by atoms with Gasteiger partial charge < -0.3 is 25.0 Å². The highest BCUT2D eigenvalue weighted by atomic mass is 16.5. The van der Waals surface area contributed by atoms with Crippen LogP contribution in [-0.2, 0) is 11.3 Å². The molecule has 0 saturated heterocycles. The fraction of sp³-hybridized carbons (Fsp3) is 0.571. The third-order valence-corrected chi connectivity index (χ3v) is 2.58. The second-order valence-electron chi connectivity index (χ2n) is 4.06. The fourth-order valence-electron chi connectivity index (χ4n) is 1.67. The summed E-state index contributed by atoms with van der Waals surface area (Å²) in [4.78, 5) is 0. The van der Waals surface area contributed by atoms with Crippen LogP contribution in [0.4, 0.5) is 0 Å². The first-order valence-electron chi connectivity index (χ1n) is 6.62. The van der Waals surface area contributed by atoms with E-state index in [9.17, 15) is 5.11 Å². The lowest BCUT2D eigenvalue weighted by Crippen LogP contribution is -2.17. The van der Waals surface area contributed by atoms with Crippen LogP contribution < -0.4 is 10.1 Å². The maximum Gasteiger partial charge on any atom is 0.162 e. The average molecular weight is 269 g/mol. The Kier molecular flexibility index (Phi) is 7.97. The van der Waals surface area contributed by atoms with Crippen LogP contribution in [0.5, 0.6) is 11.5 Å². The predicted molar refractivity (Wildman–Crippen MR) is 73.5 cm³/mol. The van der Waals surface area contributed by atoms with Gasteiger partial charge in [-0.25, -0.2) is 0 Å². The zero-order valence-corrected chi connectivity index (χ0v) is 11.4. The molecular weight excluding hydrogens is 246 g/mol. The van der Waals surface area contributed by atoms with Gasteiger partial charge in [0, 0.05) is 18.7 Å². The summed E-state index contributed by atoms with van der Waals surface area (Å²) >= 11 is 0. The van der Waals surface area contributed by atoms with Gasteiger partial charge in [-0.1, -0.05) is 12.1 Å². The predicted octanol–water partition coefficient (Wildman–Crippen LogP) is 1.28. The molecule has 0 radical (unpaired) electrons. The molecular formula is C14H23NO4. The van der Waals surface area contributed by atoms with Crippen molar-refractivity contribution >= 4 is 0 Å². The van der Waals surface area contributed by atoms with Crippen molar-refractivity contribution in [3.05, 3.63) is 23.8 Å². The maximum atomic E-state index is 9.98. The molecule has 0 aliphatic rings. The van der Waals surface area contributed by atoms with E-state index in [0.717, 1.165) is 18.5 Å². The number of aliphatic hydroxyl groups excluding tert-OH is 1. The first-order chi connectivity index (χ1) is 9.29. The second-order valence-corrected chi connectivity index (χ2v) is 4.06. The van der Waals surface area contributed by atoms with Crippen LogP contribution >= 0.6 is 0 Å². The minimum atomic E-state index is 0.0610. The molecule has 0 fully saturated rings. The lowest BCUT2D eigenvalue weighted by Gasteiger charge is -2.11. The molecule has 0 spiro atoms. The molecule has 0 heterocycles. The molecule has 5 nitrogen and oxygen atoms in total. The van der Waals surface area contributed by atoms with Gasteiger partial charge in [0.1, 0.15) is 0 Å². The molecule has 0 saturated carbocycles. The molecule has 0 aliphatic heterocycles. The summed E-state index contributed by atoms with van der Waals surface area (Å²) in [6.45, 7) is 4.88. The Bertz CT molecular complexity index is 357. The molecule has 5 heteroatoms. The quantitative estimate of drug-likeness (QED) is 0.558. The van der Waals surface area contributed by atoms with E-state index >= 15 is 0 Å². The minimum absolute atomic E-state index is 0.0610. The van der Waals surface area contributed by atoms with E-state index < -0.39 is 0 Å². The zero-order valence-electron chi connectivity index (χ0n) is 11.4. The van der Waals surface area contributed by atoms with Crippen molar-refractivity contribution < 1.29 is 19.7 Å². The number of hydrogen-bond donors (Lipinski definition) is 3. The van der Waals surface area contributed by atoms with Gasteiger partial charge in [0.2, 0.25) is 0 Å². The molecule has 108 valence electrons. The third-order valence-electron chi connectivity index (χ3n) is 2.58. The van der Waals surface area contributed by atoms with E-state index in [1.165, 1.54) is 0 Å². The number of aromatic hydroxyl groups is 1. The fourth-order valence-corrected chi connectivity index (χ4v) is 1.67. The number of ether oxygens (including phenoxy) is 2. The Morgan fingerprint density at radius 2 is 2.11 bits per heavy atom. The van der Waals surface area contributed by atoms with Gasteiger partial charge in [-0.3, -0.25) is 0 Å². The van der Waals surface area contributed by atoms with Crippen molar-refractivity contribution in [2.75, 3.05) is 33.0 Å². The van der Waals surface area contributed by atoms with E-state index in [1.54, 1.807) is 6.07 Å². The summed E-state index contributed by atoms with van der Waals surface area (Å²) < 4.78 is 10.5. The summed E-state index contributed by atoms with van der Waals surface area (Å²) in [5, 5.41) is 21.7. The summed E-state index contributed by atoms with van der Waals surface area (Å²) in [6.07, 6.45) is 0.867. The van der Waals surface area contributed by atoms with Gasteiger partial charge in [-0.2, -0.15) is 0 Å². The number of phenols is 1. The summed E-state index contributed by atoms with van der Waals surface area (Å²) in [5.41, 5.74) is 0.822. The molecule has 3 N–H and O–H groups in total. The standard InChI is InChI=1S/C14H23NO4/c1-2-19-13-6-3-5-12(14(13)17)11-15-7-4-9-18-10-8-16/h3,5-6,15-17H,2,4,7-11H2,1H3. The Balaban J connectivity index is 2.27. The molecule has 0 amide bonds. The van der Waals surface area contributed by atoms with Gasteiger partial charge in [-0.15, -0.1) is 0 Å². The highest BCUT2D eigenvalue weighted by molar-refractivity contribution is 5.45. The highest BCUT2D eigenvalue weighted by Gasteiger charge is 2.06. The molecule has 1 rings (SSSR count). The van der Waals surface area contributed by atoms with Crippen LogP contribution in [0, 0.1) is 0 Å². The minimum Gasteiger partial charge on any atom is -0.504 e. The third kappa shape index (κ3) is 5.92. The SMILES string of the molecule is CCOc1cccc(CNCCCOCCO)c1O. The van der Waals surface area contributed by atoms with Gasteiger partial charge in [0.25, 0.3) is 0 Å². The Hall–Kier alpha value is -1.30. The summed E-state index contributed by atoms with van der Waals surface area (Å²) in [6, 6.07) is 5.49. The topological polar surface area (TPSA) is 71.0 Å². The van der Waals surface area contributed by atoms with E-state index in [-0.39, 0.29) is 12.4 Å². The van der Waals surface area contributed by atoms with Crippen molar-refractivity contribution in [3.63, 3.8) is 0 Å². The Morgan fingerprint density at radius 1 is 1.26 bits per heavy atom. The van der Waals surface area contributed by atoms with E-state index in [1.807, 2.05) is 19.1 Å². The number of para-hydroxylation sites is 1. The first-order valence-corrected chi connectivity index (χ1v) is 6.62. The van der Waals surface area contributed by atoms with Gasteiger partial charge in [-0.05, 0) is 26.0 Å². The Morgan fingerprint density at radius 3 is 2.84 bits per heavy atom. The largest absolute Gasteiger partial charge is 0.504 e. The van der Waals surface area contributed by atoms with Gasteiger partial charge in [0.05, 0.1) is 19.8 Å². The number of rotatable bonds is 10. The normalized spacial score (nSPS) is 10.6. The van der Waals surface area contributed by atoms with Crippen molar-refractivity contribution in [2.24, 2.45) is 0 Å². The van der Waals surface area contributed by atoms with Crippen LogP contribution in [0.1, 0.15) is 18.9 Å². The number of phenolic OH excluding ortho intramolecular Hbond substituents is 1. The molecule has 0 bridgehead atoms. The summed E-state index contributed by atoms with van der Waals surface area (Å²) in [7, 11) is 0. The second kappa shape index (κ2) is 9.61. The van der Waals surface area contributed by atoms with Crippen LogP contribution in [0.2, 0.25) is 0 Å². The van der Waals surface area contributed by atoms with Gasteiger partial charge in [0.15, 0.2) is 11.5 Å². The van der Waals surface area contributed by atoms with Gasteiger partial charge >= 0.3 is 0 Å². The van der Waals surface area contributed by atoms with Crippen LogP contribution in [-0.4, -0.2) is 43.2 Å². The lowest BCUT2D eigenvalue weighted by atomic mass is 10.2. The Labute approximate surface area is 114 Å². The maximum absolute atomic E-state index is 9.98. The van der Waals surface area contributed by atoms with E-state index in [4.69, 9.17) is 14.6 Å². The summed E-state index contributed by atoms with van der Waals surface area (Å²) in [5.74, 6) is 0.724. The van der Waals surface area contributed by atoms with Crippen molar-refractivity contribution in [2.45, 2.75) is 19.9 Å². The smallest absolute Gasteiger partial charge is 0.162 e. The van der Waals surface area contributed by atoms with Crippen LogP contribution in [0.25, 0.3) is 0 Å². The number of nitrogens with one attached hydrogen (secondary N) is 1. The number of benzene rings is 1. The molecule has 0 unspecified atom stereocenters. The number of hydrogen-bond acceptors (Lipinski definition) is 5. The monoisotopic (exact) mass is 269 g/mol. The zero-order chi connectivity index (χ0) is 13.9. The highest BCUT2D eigenvalue weighted by Crippen LogP contribution is 2.29. The number of aliphatic hydroxyl groups is 1. The van der Waals surface area contributed by atoms with Crippen LogP contribution in [0.3, 0.4) is 0 Å². The molecule has 0 atom stereocenters. The van der Waals surface area contributed by atoms with Crippen LogP contribution in [0.15, 0.2) is 18.2 Å². The van der Waals surface area contributed by atoms with Crippen molar-refractivity contribution in [1.29, 1.82) is 0 Å². The molecule has 1 aromatic carbocycles. The van der Waals surface area contributed by atoms with E-state index in [2.05, 4.69) is 5.32 Å². The van der Waals surface area contributed by atoms with Crippen molar-refractivity contribution in [3.8, 4) is 11.5 Å². The molecule has 0 aromatic heterocycles. The molecule has 0 aliphatic carbocycles. The van der Waals surface area contributed by atoms with Crippen molar-refractivity contribution in [1.82, 2.24) is 5.32 Å². The molecule has 19 heavy (non-hydrogen) atoms. The van der Waals surface area contributed by atoms with E-state index in [0.29, 0.717) is 32.1 Å².